The number of amides is 1. The average Bonchev–Trinajstić information content (AvgIpc) is 2.75. The van der Waals surface area contributed by atoms with Gasteiger partial charge in [0, 0.05) is 12.6 Å². The van der Waals surface area contributed by atoms with Crippen molar-refractivity contribution in [1.29, 1.82) is 0 Å². The van der Waals surface area contributed by atoms with Crippen molar-refractivity contribution in [3.05, 3.63) is 0 Å². The van der Waals surface area contributed by atoms with Gasteiger partial charge in [-0.05, 0) is 33.2 Å². The van der Waals surface area contributed by atoms with E-state index in [2.05, 4.69) is 19.2 Å². The number of rotatable bonds is 9. The summed E-state index contributed by atoms with van der Waals surface area (Å²) in [6.45, 7) is 5.23. The summed E-state index contributed by atoms with van der Waals surface area (Å²) in [5.74, 6) is 0.0677. The highest BCUT2D eigenvalue weighted by atomic mass is 16.3. The Hall–Kier alpha value is -0.610. The molecule has 1 atom stereocenters. The molecule has 1 rings (SSSR count). The summed E-state index contributed by atoms with van der Waals surface area (Å²) in [6, 6.07) is 0.247. The molecule has 0 aliphatic heterocycles. The van der Waals surface area contributed by atoms with Crippen LogP contribution in [0.2, 0.25) is 0 Å². The van der Waals surface area contributed by atoms with Crippen LogP contribution in [0.15, 0.2) is 0 Å². The number of likely N-dealkylation sites (N-methyl/N-ethyl adjacent to an activating group) is 1. The maximum Gasteiger partial charge on any atom is 0.234 e. The number of carbonyl (C=O) groups excluding carboxylic acids is 1. The zero-order valence-corrected chi connectivity index (χ0v) is 13.5. The average molecular weight is 284 g/mol. The molecule has 118 valence electrons. The molecule has 0 radical (unpaired) electrons. The number of carbonyl (C=O) groups is 1. The predicted octanol–water partition coefficient (Wildman–Crippen LogP) is 2.31. The third kappa shape index (κ3) is 6.71. The van der Waals surface area contributed by atoms with Crippen molar-refractivity contribution < 1.29 is 9.90 Å². The first-order chi connectivity index (χ1) is 9.45. The van der Waals surface area contributed by atoms with Gasteiger partial charge in [-0.2, -0.15) is 0 Å². The van der Waals surface area contributed by atoms with E-state index in [1.165, 1.54) is 19.3 Å². The highest BCUT2D eigenvalue weighted by Crippen LogP contribution is 2.29. The van der Waals surface area contributed by atoms with Gasteiger partial charge >= 0.3 is 0 Å². The van der Waals surface area contributed by atoms with E-state index >= 15 is 0 Å². The molecular formula is C16H32N2O2. The third-order valence-electron chi connectivity index (χ3n) is 4.16. The van der Waals surface area contributed by atoms with Crippen LogP contribution in [0.3, 0.4) is 0 Å². The van der Waals surface area contributed by atoms with Gasteiger partial charge < -0.3 is 10.4 Å². The number of hydrogen-bond donors (Lipinski definition) is 2. The first-order valence-electron chi connectivity index (χ1n) is 8.15. The van der Waals surface area contributed by atoms with Crippen LogP contribution >= 0.6 is 0 Å². The molecule has 0 aromatic carbocycles. The van der Waals surface area contributed by atoms with Crippen molar-refractivity contribution in [2.45, 2.75) is 76.9 Å². The highest BCUT2D eigenvalue weighted by Gasteiger charge is 2.32. The van der Waals surface area contributed by atoms with Gasteiger partial charge in [-0.25, -0.2) is 0 Å². The van der Waals surface area contributed by atoms with Crippen molar-refractivity contribution in [2.75, 3.05) is 20.1 Å². The molecule has 0 aromatic heterocycles. The molecule has 1 fully saturated rings. The summed E-state index contributed by atoms with van der Waals surface area (Å²) in [5, 5.41) is 13.4. The molecule has 4 nitrogen and oxygen atoms in total. The zero-order valence-electron chi connectivity index (χ0n) is 13.5. The van der Waals surface area contributed by atoms with Gasteiger partial charge in [-0.15, -0.1) is 0 Å². The van der Waals surface area contributed by atoms with Crippen LogP contribution in [-0.4, -0.2) is 47.7 Å². The van der Waals surface area contributed by atoms with E-state index < -0.39 is 5.60 Å². The molecule has 1 aliphatic carbocycles. The third-order valence-corrected chi connectivity index (χ3v) is 4.16. The summed E-state index contributed by atoms with van der Waals surface area (Å²) >= 11 is 0. The first-order valence-corrected chi connectivity index (χ1v) is 8.15. The Labute approximate surface area is 123 Å². The number of aliphatic hydroxyl groups is 1. The van der Waals surface area contributed by atoms with Crippen molar-refractivity contribution in [3.8, 4) is 0 Å². The predicted molar refractivity (Wildman–Crippen MR) is 82.7 cm³/mol. The number of nitrogens with one attached hydrogen (secondary N) is 1. The first kappa shape index (κ1) is 17.4. The second-order valence-corrected chi connectivity index (χ2v) is 6.57. The van der Waals surface area contributed by atoms with Crippen LogP contribution in [0.5, 0.6) is 0 Å². The van der Waals surface area contributed by atoms with Crippen molar-refractivity contribution >= 4 is 5.91 Å². The minimum Gasteiger partial charge on any atom is -0.389 e. The molecule has 0 heterocycles. The smallest absolute Gasteiger partial charge is 0.234 e. The molecule has 1 saturated carbocycles. The molecule has 2 N–H and O–H groups in total. The van der Waals surface area contributed by atoms with Crippen LogP contribution in [0.1, 0.15) is 65.2 Å². The molecule has 0 bridgehead atoms. The van der Waals surface area contributed by atoms with E-state index in [1.54, 1.807) is 0 Å². The molecule has 1 unspecified atom stereocenters. The minimum atomic E-state index is -0.568. The summed E-state index contributed by atoms with van der Waals surface area (Å²) in [6.07, 6.45) is 8.60. The summed E-state index contributed by atoms with van der Waals surface area (Å²) in [5.41, 5.74) is -0.568. The van der Waals surface area contributed by atoms with E-state index in [9.17, 15) is 9.90 Å². The molecule has 1 aliphatic rings. The van der Waals surface area contributed by atoms with Gasteiger partial charge in [0.2, 0.25) is 5.91 Å². The Morgan fingerprint density at radius 2 is 2.00 bits per heavy atom. The van der Waals surface area contributed by atoms with Crippen LogP contribution in [-0.2, 0) is 4.79 Å². The summed E-state index contributed by atoms with van der Waals surface area (Å²) < 4.78 is 0. The molecular weight excluding hydrogens is 252 g/mol. The fourth-order valence-corrected chi connectivity index (χ4v) is 3.09. The monoisotopic (exact) mass is 284 g/mol. The lowest BCUT2D eigenvalue weighted by Gasteiger charge is -2.28. The molecule has 20 heavy (non-hydrogen) atoms. The normalized spacial score (nSPS) is 19.2. The van der Waals surface area contributed by atoms with Crippen LogP contribution in [0, 0.1) is 0 Å². The second kappa shape index (κ2) is 8.63. The van der Waals surface area contributed by atoms with E-state index in [0.717, 1.165) is 32.1 Å². The Bertz CT molecular complexity index is 288. The Kier molecular flexibility index (Phi) is 7.52. The van der Waals surface area contributed by atoms with Gasteiger partial charge in [0.25, 0.3) is 0 Å². The van der Waals surface area contributed by atoms with Crippen LogP contribution in [0.25, 0.3) is 0 Å². The quantitative estimate of drug-likeness (QED) is 0.639. The van der Waals surface area contributed by atoms with Crippen molar-refractivity contribution in [3.63, 3.8) is 0 Å². The second-order valence-electron chi connectivity index (χ2n) is 6.57. The zero-order chi connectivity index (χ0) is 15.0. The minimum absolute atomic E-state index is 0.0677. The maximum absolute atomic E-state index is 11.9. The number of nitrogens with zero attached hydrogens (tertiary/aromatic N) is 1. The van der Waals surface area contributed by atoms with Crippen molar-refractivity contribution in [2.24, 2.45) is 0 Å². The highest BCUT2D eigenvalue weighted by molar-refractivity contribution is 5.78. The van der Waals surface area contributed by atoms with Gasteiger partial charge in [-0.1, -0.05) is 39.0 Å². The lowest BCUT2D eigenvalue weighted by atomic mass is 10.0. The molecule has 1 amide bonds. The molecule has 4 heteroatoms. The van der Waals surface area contributed by atoms with E-state index in [4.69, 9.17) is 0 Å². The Morgan fingerprint density at radius 3 is 2.60 bits per heavy atom. The summed E-state index contributed by atoms with van der Waals surface area (Å²) in [4.78, 5) is 13.9. The lowest BCUT2D eigenvalue weighted by molar-refractivity contribution is -0.123. The maximum atomic E-state index is 11.9. The molecule has 0 spiro atoms. The fraction of sp³-hybridized carbons (Fsp3) is 0.938. The van der Waals surface area contributed by atoms with Crippen LogP contribution in [0.4, 0.5) is 0 Å². The van der Waals surface area contributed by atoms with E-state index in [-0.39, 0.29) is 11.9 Å². The number of hydrogen-bond acceptors (Lipinski definition) is 3. The topological polar surface area (TPSA) is 52.6 Å². The largest absolute Gasteiger partial charge is 0.389 e. The van der Waals surface area contributed by atoms with Gasteiger partial charge in [0.1, 0.15) is 0 Å². The molecule has 0 saturated heterocycles. The van der Waals surface area contributed by atoms with Gasteiger partial charge in [0.05, 0.1) is 12.1 Å². The Morgan fingerprint density at radius 1 is 1.35 bits per heavy atom. The standard InChI is InChI=1S/C16H32N2O2/c1-4-5-6-9-14(2)17-15(19)12-18(3)13-16(20)10-7-8-11-16/h14,20H,4-13H2,1-3H3,(H,17,19). The summed E-state index contributed by atoms with van der Waals surface area (Å²) in [7, 11) is 1.91. The van der Waals surface area contributed by atoms with E-state index in [1.807, 2.05) is 11.9 Å². The van der Waals surface area contributed by atoms with E-state index in [0.29, 0.717) is 13.1 Å². The van der Waals surface area contributed by atoms with Gasteiger partial charge in [-0.3, -0.25) is 9.69 Å². The SMILES string of the molecule is CCCCCC(C)NC(=O)CN(C)CC1(O)CCCC1. The fourth-order valence-electron chi connectivity index (χ4n) is 3.09. The molecule has 0 aromatic rings. The lowest BCUT2D eigenvalue weighted by Crippen LogP contribution is -2.45. The van der Waals surface area contributed by atoms with Gasteiger partial charge in [0.15, 0.2) is 0 Å². The Balaban J connectivity index is 2.20. The number of unbranched alkanes of at least 4 members (excludes halogenated alkanes) is 2. The van der Waals surface area contributed by atoms with Crippen molar-refractivity contribution in [1.82, 2.24) is 10.2 Å². The van der Waals surface area contributed by atoms with Crippen LogP contribution < -0.4 is 5.32 Å².